The summed E-state index contributed by atoms with van der Waals surface area (Å²) in [5.74, 6) is 6.29. The molecule has 0 aliphatic carbocycles. The van der Waals surface area contributed by atoms with Crippen LogP contribution in [-0.4, -0.2) is 15.8 Å². The second kappa shape index (κ2) is 6.66. The topological polar surface area (TPSA) is 55.9 Å². The van der Waals surface area contributed by atoms with Gasteiger partial charge in [-0.2, -0.15) is 5.10 Å². The summed E-state index contributed by atoms with van der Waals surface area (Å²) in [4.78, 5) is 0. The minimum absolute atomic E-state index is 0.407. The van der Waals surface area contributed by atoms with E-state index in [1.54, 1.807) is 0 Å². The predicted octanol–water partition coefficient (Wildman–Crippen LogP) is 1.62. The van der Waals surface area contributed by atoms with Crippen LogP contribution in [0, 0.1) is 5.92 Å². The molecule has 0 bridgehead atoms. The van der Waals surface area contributed by atoms with Crippen LogP contribution >= 0.6 is 0 Å². The number of aromatic nitrogens is 2. The van der Waals surface area contributed by atoms with Crippen molar-refractivity contribution >= 4 is 0 Å². The SMILES string of the molecule is CCC(CC)C(CCc1ccnn1C)NN. The third kappa shape index (κ3) is 3.32. The van der Waals surface area contributed by atoms with Crippen molar-refractivity contribution in [1.82, 2.24) is 15.2 Å². The lowest BCUT2D eigenvalue weighted by molar-refractivity contribution is 0.320. The average Bonchev–Trinajstić information content (AvgIpc) is 2.70. The van der Waals surface area contributed by atoms with Crippen LogP contribution in [0.5, 0.6) is 0 Å². The molecule has 1 atom stereocenters. The normalized spacial score (nSPS) is 13.3. The van der Waals surface area contributed by atoms with Crippen LogP contribution in [-0.2, 0) is 13.5 Å². The zero-order chi connectivity index (χ0) is 12.0. The zero-order valence-electron chi connectivity index (χ0n) is 10.6. The molecule has 0 radical (unpaired) electrons. The number of hydrazine groups is 1. The fourth-order valence-corrected chi connectivity index (χ4v) is 2.26. The quantitative estimate of drug-likeness (QED) is 0.546. The van der Waals surface area contributed by atoms with E-state index >= 15 is 0 Å². The molecule has 0 aliphatic rings. The molecule has 1 heterocycles. The Kier molecular flexibility index (Phi) is 5.49. The number of nitrogens with zero attached hydrogens (tertiary/aromatic N) is 2. The van der Waals surface area contributed by atoms with E-state index in [4.69, 9.17) is 5.84 Å². The number of nitrogens with two attached hydrogens (primary N) is 1. The van der Waals surface area contributed by atoms with Gasteiger partial charge in [-0.05, 0) is 24.8 Å². The molecule has 92 valence electrons. The van der Waals surface area contributed by atoms with E-state index in [-0.39, 0.29) is 0 Å². The monoisotopic (exact) mass is 224 g/mol. The Labute approximate surface area is 98.2 Å². The third-order valence-electron chi connectivity index (χ3n) is 3.47. The summed E-state index contributed by atoms with van der Waals surface area (Å²) >= 11 is 0. The van der Waals surface area contributed by atoms with Crippen molar-refractivity contribution in [2.45, 2.75) is 45.6 Å². The van der Waals surface area contributed by atoms with Crippen LogP contribution in [0.4, 0.5) is 0 Å². The van der Waals surface area contributed by atoms with E-state index in [1.165, 1.54) is 18.5 Å². The van der Waals surface area contributed by atoms with Gasteiger partial charge in [0.15, 0.2) is 0 Å². The lowest BCUT2D eigenvalue weighted by atomic mass is 9.91. The van der Waals surface area contributed by atoms with Gasteiger partial charge >= 0.3 is 0 Å². The van der Waals surface area contributed by atoms with E-state index in [9.17, 15) is 0 Å². The maximum Gasteiger partial charge on any atom is 0.0492 e. The number of rotatable bonds is 7. The Morgan fingerprint density at radius 1 is 1.44 bits per heavy atom. The summed E-state index contributed by atoms with van der Waals surface area (Å²) in [5, 5.41) is 4.17. The number of hydrogen-bond acceptors (Lipinski definition) is 3. The van der Waals surface area contributed by atoms with E-state index in [2.05, 4.69) is 30.4 Å². The van der Waals surface area contributed by atoms with Gasteiger partial charge in [-0.15, -0.1) is 0 Å². The smallest absolute Gasteiger partial charge is 0.0492 e. The van der Waals surface area contributed by atoms with Crippen molar-refractivity contribution < 1.29 is 0 Å². The van der Waals surface area contributed by atoms with Crippen molar-refractivity contribution in [3.63, 3.8) is 0 Å². The molecule has 4 nitrogen and oxygen atoms in total. The Bertz CT molecular complexity index is 291. The number of aryl methyl sites for hydroxylation is 2. The van der Waals surface area contributed by atoms with Crippen LogP contribution < -0.4 is 11.3 Å². The lowest BCUT2D eigenvalue weighted by Gasteiger charge is -2.24. The summed E-state index contributed by atoms with van der Waals surface area (Å²) in [5.41, 5.74) is 4.23. The molecule has 1 unspecified atom stereocenters. The molecule has 0 spiro atoms. The van der Waals surface area contributed by atoms with Crippen LogP contribution in [0.3, 0.4) is 0 Å². The molecule has 0 aliphatic heterocycles. The summed E-state index contributed by atoms with van der Waals surface area (Å²) in [6, 6.07) is 2.48. The first-order valence-corrected chi connectivity index (χ1v) is 6.15. The maximum absolute atomic E-state index is 5.63. The maximum atomic E-state index is 5.63. The molecular weight excluding hydrogens is 200 g/mol. The molecule has 0 saturated carbocycles. The first-order chi connectivity index (χ1) is 7.72. The highest BCUT2D eigenvalue weighted by Gasteiger charge is 2.17. The van der Waals surface area contributed by atoms with E-state index < -0.39 is 0 Å². The summed E-state index contributed by atoms with van der Waals surface area (Å²) < 4.78 is 1.93. The summed E-state index contributed by atoms with van der Waals surface area (Å²) in [6.07, 6.45) is 6.30. The predicted molar refractivity (Wildman–Crippen MR) is 66.7 cm³/mol. The van der Waals surface area contributed by atoms with Crippen molar-refractivity contribution in [3.05, 3.63) is 18.0 Å². The second-order valence-corrected chi connectivity index (χ2v) is 4.33. The molecule has 4 heteroatoms. The third-order valence-corrected chi connectivity index (χ3v) is 3.47. The van der Waals surface area contributed by atoms with Gasteiger partial charge in [0, 0.05) is 25.0 Å². The lowest BCUT2D eigenvalue weighted by Crippen LogP contribution is -2.41. The molecule has 16 heavy (non-hydrogen) atoms. The highest BCUT2D eigenvalue weighted by atomic mass is 15.3. The van der Waals surface area contributed by atoms with Crippen molar-refractivity contribution in [2.75, 3.05) is 0 Å². The highest BCUT2D eigenvalue weighted by molar-refractivity contribution is 5.00. The van der Waals surface area contributed by atoms with Gasteiger partial charge in [0.25, 0.3) is 0 Å². The molecule has 1 aromatic rings. The molecular formula is C12H24N4. The van der Waals surface area contributed by atoms with Gasteiger partial charge < -0.3 is 0 Å². The minimum atomic E-state index is 0.407. The van der Waals surface area contributed by atoms with Gasteiger partial charge in [0.1, 0.15) is 0 Å². The van der Waals surface area contributed by atoms with Crippen molar-refractivity contribution in [3.8, 4) is 0 Å². The van der Waals surface area contributed by atoms with Gasteiger partial charge in [-0.25, -0.2) is 0 Å². The minimum Gasteiger partial charge on any atom is -0.273 e. The number of hydrogen-bond donors (Lipinski definition) is 2. The Morgan fingerprint density at radius 3 is 2.56 bits per heavy atom. The first-order valence-electron chi connectivity index (χ1n) is 6.15. The summed E-state index contributed by atoms with van der Waals surface area (Å²) in [6.45, 7) is 4.45. The summed E-state index contributed by atoms with van der Waals surface area (Å²) in [7, 11) is 1.98. The highest BCUT2D eigenvalue weighted by Crippen LogP contribution is 2.17. The Morgan fingerprint density at radius 2 is 2.12 bits per heavy atom. The van der Waals surface area contributed by atoms with Crippen LogP contribution in [0.1, 0.15) is 38.8 Å². The van der Waals surface area contributed by atoms with Gasteiger partial charge in [0.2, 0.25) is 0 Å². The van der Waals surface area contributed by atoms with Crippen molar-refractivity contribution in [2.24, 2.45) is 18.8 Å². The Balaban J connectivity index is 2.48. The molecule has 0 saturated heterocycles. The standard InChI is InChI=1S/C12H24N4/c1-4-10(5-2)12(15-13)7-6-11-8-9-14-16(11)3/h8-10,12,15H,4-7,13H2,1-3H3. The van der Waals surface area contributed by atoms with E-state index in [0.717, 1.165) is 12.8 Å². The number of nitrogens with one attached hydrogen (secondary N) is 1. The first kappa shape index (κ1) is 13.2. The Hall–Kier alpha value is -0.870. The van der Waals surface area contributed by atoms with Crippen LogP contribution in [0.25, 0.3) is 0 Å². The van der Waals surface area contributed by atoms with Crippen molar-refractivity contribution in [1.29, 1.82) is 0 Å². The van der Waals surface area contributed by atoms with Crippen LogP contribution in [0.2, 0.25) is 0 Å². The molecule has 0 fully saturated rings. The molecule has 3 N–H and O–H groups in total. The largest absolute Gasteiger partial charge is 0.273 e. The van der Waals surface area contributed by atoms with E-state index in [0.29, 0.717) is 12.0 Å². The van der Waals surface area contributed by atoms with Gasteiger partial charge in [0.05, 0.1) is 0 Å². The molecule has 1 aromatic heterocycles. The fourth-order valence-electron chi connectivity index (χ4n) is 2.26. The average molecular weight is 224 g/mol. The molecule has 1 rings (SSSR count). The second-order valence-electron chi connectivity index (χ2n) is 4.33. The molecule has 0 aromatic carbocycles. The van der Waals surface area contributed by atoms with E-state index in [1.807, 2.05) is 17.9 Å². The zero-order valence-corrected chi connectivity index (χ0v) is 10.6. The van der Waals surface area contributed by atoms with Crippen LogP contribution in [0.15, 0.2) is 12.3 Å². The fraction of sp³-hybridized carbons (Fsp3) is 0.750. The van der Waals surface area contributed by atoms with Gasteiger partial charge in [-0.3, -0.25) is 16.0 Å². The van der Waals surface area contributed by atoms with Gasteiger partial charge in [-0.1, -0.05) is 26.7 Å². The molecule has 0 amide bonds.